The zero-order valence-corrected chi connectivity index (χ0v) is 67.9. The van der Waals surface area contributed by atoms with Gasteiger partial charge >= 0.3 is 11.9 Å². The van der Waals surface area contributed by atoms with Gasteiger partial charge in [-0.1, -0.05) is 398 Å². The van der Waals surface area contributed by atoms with Crippen molar-refractivity contribution in [3.05, 3.63) is 134 Å². The van der Waals surface area contributed by atoms with E-state index in [9.17, 15) is 19.5 Å². The van der Waals surface area contributed by atoms with Crippen LogP contribution in [0, 0.1) is 0 Å². The van der Waals surface area contributed by atoms with Crippen molar-refractivity contribution in [3.8, 4) is 0 Å². The van der Waals surface area contributed by atoms with Gasteiger partial charge in [0, 0.05) is 12.8 Å². The van der Waals surface area contributed by atoms with Crippen molar-refractivity contribution in [1.29, 1.82) is 0 Å². The van der Waals surface area contributed by atoms with Crippen LogP contribution in [0.1, 0.15) is 386 Å². The Morgan fingerprint density at radius 1 is 0.291 bits per heavy atom. The van der Waals surface area contributed by atoms with Crippen LogP contribution >= 0.6 is 0 Å². The molecular weight excluding hydrogens is 1270 g/mol. The molecule has 0 amide bonds. The van der Waals surface area contributed by atoms with Gasteiger partial charge < -0.3 is 33.3 Å². The zero-order chi connectivity index (χ0) is 74.6. The number of carbonyl (C=O) groups is 3. The average Bonchev–Trinajstić information content (AvgIpc) is 1.16. The molecule has 592 valence electrons. The largest absolute Gasteiger partial charge is 0.545 e. The van der Waals surface area contributed by atoms with E-state index in [1.807, 2.05) is 21.1 Å². The lowest BCUT2D eigenvalue weighted by Crippen LogP contribution is -2.44. The lowest BCUT2D eigenvalue weighted by Gasteiger charge is -2.26. The summed E-state index contributed by atoms with van der Waals surface area (Å²) in [6, 6.07) is 0. The summed E-state index contributed by atoms with van der Waals surface area (Å²) in [5.74, 6) is -2.26. The number of carboxylic acids is 1. The summed E-state index contributed by atoms with van der Waals surface area (Å²) in [5, 5.41) is 11.9. The molecule has 0 aliphatic rings. The quantitative estimate of drug-likeness (QED) is 0.0195. The van der Waals surface area contributed by atoms with Crippen molar-refractivity contribution >= 4 is 17.9 Å². The van der Waals surface area contributed by atoms with Crippen molar-refractivity contribution in [3.63, 3.8) is 0 Å². The van der Waals surface area contributed by atoms with Crippen molar-refractivity contribution in [1.82, 2.24) is 0 Å². The molecule has 0 aliphatic carbocycles. The number of nitrogens with zero attached hydrogens (tertiary/aromatic N) is 1. The number of carbonyl (C=O) groups excluding carboxylic acids is 3. The molecule has 0 N–H and O–H groups in total. The van der Waals surface area contributed by atoms with E-state index in [1.165, 1.54) is 250 Å². The van der Waals surface area contributed by atoms with Crippen molar-refractivity contribution in [2.24, 2.45) is 0 Å². The summed E-state index contributed by atoms with van der Waals surface area (Å²) >= 11 is 0. The van der Waals surface area contributed by atoms with E-state index in [0.717, 1.165) is 103 Å². The predicted molar refractivity (Wildman–Crippen MR) is 444 cm³/mol. The van der Waals surface area contributed by atoms with Gasteiger partial charge in [0.1, 0.15) is 13.2 Å². The van der Waals surface area contributed by atoms with Gasteiger partial charge in [-0.3, -0.25) is 9.59 Å². The molecule has 0 radical (unpaired) electrons. The fourth-order valence-electron chi connectivity index (χ4n) is 12.4. The Morgan fingerprint density at radius 3 is 0.777 bits per heavy atom. The maximum atomic E-state index is 13.0. The van der Waals surface area contributed by atoms with Crippen LogP contribution in [0.15, 0.2) is 134 Å². The number of unbranched alkanes of at least 4 members (excludes halogenated alkanes) is 43. The van der Waals surface area contributed by atoms with Gasteiger partial charge in [0.05, 0.1) is 40.3 Å². The number of hydrogen-bond acceptors (Lipinski definition) is 8. The molecule has 2 atom stereocenters. The molecular formula is C94H163NO8. The highest BCUT2D eigenvalue weighted by Gasteiger charge is 2.22. The third kappa shape index (κ3) is 84.6. The van der Waals surface area contributed by atoms with E-state index in [1.54, 1.807) is 0 Å². The molecule has 9 heteroatoms. The molecule has 0 spiro atoms. The van der Waals surface area contributed by atoms with Crippen LogP contribution in [0.4, 0.5) is 0 Å². The van der Waals surface area contributed by atoms with Gasteiger partial charge in [0.2, 0.25) is 0 Å². The Hall–Kier alpha value is -4.57. The van der Waals surface area contributed by atoms with E-state index < -0.39 is 24.3 Å². The number of esters is 2. The lowest BCUT2D eigenvalue weighted by molar-refractivity contribution is -0.870. The first-order valence-corrected chi connectivity index (χ1v) is 43.3. The number of likely N-dealkylation sites (N-methyl/N-ethyl adjacent to an activating group) is 1. The van der Waals surface area contributed by atoms with Gasteiger partial charge in [-0.05, 0) is 109 Å². The van der Waals surface area contributed by atoms with E-state index in [2.05, 4.69) is 148 Å². The second-order valence-corrected chi connectivity index (χ2v) is 30.1. The number of allylic oxidation sites excluding steroid dienone is 22. The van der Waals surface area contributed by atoms with Crippen LogP contribution in [0.5, 0.6) is 0 Å². The minimum atomic E-state index is -1.63. The van der Waals surface area contributed by atoms with Gasteiger partial charge in [-0.25, -0.2) is 0 Å². The van der Waals surface area contributed by atoms with Crippen LogP contribution in [-0.2, 0) is 33.3 Å². The maximum Gasteiger partial charge on any atom is 0.306 e. The molecule has 0 heterocycles. The normalized spacial score (nSPS) is 13.3. The highest BCUT2D eigenvalue weighted by atomic mass is 16.7. The van der Waals surface area contributed by atoms with Crippen LogP contribution in [0.3, 0.4) is 0 Å². The SMILES string of the molecule is CC/C=C\C/C=C\C/C=C\C/C=C\C/C=C\C/C=C\CCCCCCCCCCCCCCCCCCCCC(=O)OC(COC(=O)CCCCCCCCCCCCCCCCCCCCCCCCCCC/C=C\C/C=C\C/C=C\C/C=C\C/C=C\CC)COC(OCC[N+](C)(C)C)C(=O)[O-]. The second-order valence-electron chi connectivity index (χ2n) is 30.1. The Kier molecular flexibility index (Phi) is 79.4. The number of hydrogen-bond donors (Lipinski definition) is 0. The Balaban J connectivity index is 3.95. The van der Waals surface area contributed by atoms with E-state index in [4.69, 9.17) is 18.9 Å². The van der Waals surface area contributed by atoms with Gasteiger partial charge in [-0.2, -0.15) is 0 Å². The third-order valence-corrected chi connectivity index (χ3v) is 18.9. The molecule has 9 nitrogen and oxygen atoms in total. The molecule has 0 rings (SSSR count). The van der Waals surface area contributed by atoms with E-state index in [0.29, 0.717) is 23.9 Å². The molecule has 0 saturated heterocycles. The molecule has 0 aromatic rings. The first kappa shape index (κ1) is 98.4. The Morgan fingerprint density at radius 2 is 0.524 bits per heavy atom. The second kappa shape index (κ2) is 83.1. The topological polar surface area (TPSA) is 111 Å². The van der Waals surface area contributed by atoms with Crippen LogP contribution in [-0.4, -0.2) is 82.3 Å². The number of aliphatic carboxylic acids is 1. The summed E-state index contributed by atoms with van der Waals surface area (Å²) in [6.07, 6.45) is 117. The summed E-state index contributed by atoms with van der Waals surface area (Å²) < 4.78 is 22.9. The molecule has 0 fully saturated rings. The number of quaternary nitrogens is 1. The van der Waals surface area contributed by atoms with Crippen molar-refractivity contribution in [2.45, 2.75) is 399 Å². The number of ether oxygens (including phenoxy) is 4. The van der Waals surface area contributed by atoms with Gasteiger partial charge in [0.25, 0.3) is 0 Å². The standard InChI is InChI=1S/C94H163NO8/c1-6-8-10-12-14-16-18-20-22-24-26-28-30-32-34-36-38-40-42-44-45-46-47-49-50-52-54-56-58-60-62-64-66-68-70-72-74-76-78-80-82-84-91(96)101-88-90(89-102-94(93(98)99)100-87-86-95(3,4)5)103-92(97)85-83-81-79-77-75-73-71-69-67-65-63-61-59-57-55-53-51-48-43-41-39-37-35-33-31-29-27-25-23-21-19-17-15-13-11-9-7-2/h8-11,14-17,20-23,26-29,32-35,39,41,90,94H,6-7,12-13,18-19,24-25,30-31,36-38,40,42-89H2,1-5H3/b10-8-,11-9-,16-14-,17-15-,22-20-,23-21-,28-26-,29-27-,34-32-,35-33-,41-39-. The summed E-state index contributed by atoms with van der Waals surface area (Å²) in [5.41, 5.74) is 0. The lowest BCUT2D eigenvalue weighted by atomic mass is 10.0. The predicted octanol–water partition coefficient (Wildman–Crippen LogP) is 27.0. The van der Waals surface area contributed by atoms with Crippen LogP contribution < -0.4 is 5.11 Å². The third-order valence-electron chi connectivity index (χ3n) is 18.9. The van der Waals surface area contributed by atoms with E-state index in [-0.39, 0.29) is 32.2 Å². The maximum absolute atomic E-state index is 13.0. The molecule has 103 heavy (non-hydrogen) atoms. The highest BCUT2D eigenvalue weighted by molar-refractivity contribution is 5.70. The van der Waals surface area contributed by atoms with Crippen LogP contribution in [0.25, 0.3) is 0 Å². The first-order chi connectivity index (χ1) is 50.6. The zero-order valence-electron chi connectivity index (χ0n) is 67.9. The van der Waals surface area contributed by atoms with E-state index >= 15 is 0 Å². The summed E-state index contributed by atoms with van der Waals surface area (Å²) in [4.78, 5) is 37.7. The Bertz CT molecular complexity index is 2170. The van der Waals surface area contributed by atoms with Crippen molar-refractivity contribution < 1.29 is 42.9 Å². The number of carboxylic acid groups (broad SMARTS) is 1. The van der Waals surface area contributed by atoms with Crippen molar-refractivity contribution in [2.75, 3.05) is 47.5 Å². The highest BCUT2D eigenvalue weighted by Crippen LogP contribution is 2.20. The molecule has 2 unspecified atom stereocenters. The average molecular weight is 1440 g/mol. The molecule has 0 aliphatic heterocycles. The van der Waals surface area contributed by atoms with Gasteiger partial charge in [-0.15, -0.1) is 0 Å². The Labute approximate surface area is 637 Å². The molecule has 0 aromatic heterocycles. The van der Waals surface area contributed by atoms with Gasteiger partial charge in [0.15, 0.2) is 12.4 Å². The van der Waals surface area contributed by atoms with Crippen LogP contribution in [0.2, 0.25) is 0 Å². The summed E-state index contributed by atoms with van der Waals surface area (Å²) in [6.45, 7) is 4.57. The molecule has 0 bridgehead atoms. The summed E-state index contributed by atoms with van der Waals surface area (Å²) in [7, 11) is 5.95. The molecule has 0 aromatic carbocycles. The minimum absolute atomic E-state index is 0.147. The minimum Gasteiger partial charge on any atom is -0.545 e. The molecule has 0 saturated carbocycles. The fourth-order valence-corrected chi connectivity index (χ4v) is 12.4. The first-order valence-electron chi connectivity index (χ1n) is 43.3. The smallest absolute Gasteiger partial charge is 0.306 e. The fraction of sp³-hybridized carbons (Fsp3) is 0.734. The number of rotatable bonds is 80. The monoisotopic (exact) mass is 1430 g/mol.